The van der Waals surface area contributed by atoms with Crippen LogP contribution in [0.3, 0.4) is 0 Å². The van der Waals surface area contributed by atoms with Gasteiger partial charge in [-0.15, -0.1) is 0 Å². The number of hydrogen-bond donors (Lipinski definition) is 2. The van der Waals surface area contributed by atoms with Crippen LogP contribution in [0.15, 0.2) is 18.2 Å². The number of hydrogen-bond acceptors (Lipinski definition) is 3. The van der Waals surface area contributed by atoms with Crippen molar-refractivity contribution in [3.05, 3.63) is 29.6 Å². The molecule has 1 unspecified atom stereocenters. The number of halogens is 1. The third kappa shape index (κ3) is 3.45. The first-order valence-corrected chi connectivity index (χ1v) is 5.32. The second-order valence-corrected chi connectivity index (χ2v) is 3.56. The van der Waals surface area contributed by atoms with E-state index in [1.807, 2.05) is 13.0 Å². The Bertz CT molecular complexity index is 454. The maximum Gasteiger partial charge on any atom is 0.242 e. The summed E-state index contributed by atoms with van der Waals surface area (Å²) < 4.78 is 12.9. The van der Waals surface area contributed by atoms with Gasteiger partial charge in [0.2, 0.25) is 5.91 Å². The van der Waals surface area contributed by atoms with Gasteiger partial charge in [0, 0.05) is 6.54 Å². The van der Waals surface area contributed by atoms with Crippen molar-refractivity contribution in [2.75, 3.05) is 11.9 Å². The largest absolute Gasteiger partial charge is 0.373 e. The number of anilines is 1. The molecule has 1 aromatic rings. The molecule has 0 saturated heterocycles. The predicted molar refractivity (Wildman–Crippen MR) is 62.9 cm³/mol. The highest BCUT2D eigenvalue weighted by molar-refractivity contribution is 5.84. The van der Waals surface area contributed by atoms with Crippen LogP contribution in [-0.2, 0) is 4.79 Å². The fraction of sp³-hybridized carbons (Fsp3) is 0.333. The van der Waals surface area contributed by atoms with E-state index in [1.165, 1.54) is 12.1 Å². The van der Waals surface area contributed by atoms with Crippen LogP contribution in [0.5, 0.6) is 0 Å². The van der Waals surface area contributed by atoms with Gasteiger partial charge in [-0.25, -0.2) is 4.39 Å². The third-order valence-electron chi connectivity index (χ3n) is 2.22. The van der Waals surface area contributed by atoms with E-state index >= 15 is 0 Å². The molecule has 1 aromatic carbocycles. The van der Waals surface area contributed by atoms with Crippen molar-refractivity contribution in [3.63, 3.8) is 0 Å². The average Bonchev–Trinajstić information content (AvgIpc) is 2.31. The van der Waals surface area contributed by atoms with E-state index in [1.54, 1.807) is 6.92 Å². The molecule has 5 heteroatoms. The third-order valence-corrected chi connectivity index (χ3v) is 2.22. The minimum Gasteiger partial charge on any atom is -0.373 e. The number of nitriles is 1. The Morgan fingerprint density at radius 1 is 1.59 bits per heavy atom. The van der Waals surface area contributed by atoms with Gasteiger partial charge in [-0.3, -0.25) is 4.79 Å². The van der Waals surface area contributed by atoms with Crippen LogP contribution in [0.1, 0.15) is 19.4 Å². The molecule has 1 rings (SSSR count). The molecule has 0 spiro atoms. The molecule has 1 atom stereocenters. The molecular formula is C12H14FN3O. The number of amides is 1. The molecule has 90 valence electrons. The van der Waals surface area contributed by atoms with Gasteiger partial charge in [0.25, 0.3) is 0 Å². The lowest BCUT2D eigenvalue weighted by atomic mass is 10.1. The highest BCUT2D eigenvalue weighted by Gasteiger charge is 2.13. The summed E-state index contributed by atoms with van der Waals surface area (Å²) in [6, 6.07) is 5.22. The SMILES string of the molecule is CCNC(=O)C(C)Nc1ccc(F)cc1C#N. The Hall–Kier alpha value is -2.09. The zero-order valence-electron chi connectivity index (χ0n) is 9.75. The van der Waals surface area contributed by atoms with Crippen molar-refractivity contribution >= 4 is 11.6 Å². The molecule has 4 nitrogen and oxygen atoms in total. The first-order valence-electron chi connectivity index (χ1n) is 5.32. The zero-order chi connectivity index (χ0) is 12.8. The Labute approximate surface area is 99.4 Å². The van der Waals surface area contributed by atoms with E-state index in [-0.39, 0.29) is 11.5 Å². The summed E-state index contributed by atoms with van der Waals surface area (Å²) in [4.78, 5) is 11.5. The van der Waals surface area contributed by atoms with Crippen LogP contribution in [0.4, 0.5) is 10.1 Å². The molecule has 0 aliphatic rings. The number of nitrogens with zero attached hydrogens (tertiary/aromatic N) is 1. The van der Waals surface area contributed by atoms with E-state index in [0.29, 0.717) is 12.2 Å². The first kappa shape index (κ1) is 13.0. The van der Waals surface area contributed by atoms with Gasteiger partial charge >= 0.3 is 0 Å². The second kappa shape index (κ2) is 5.85. The molecule has 17 heavy (non-hydrogen) atoms. The molecule has 0 radical (unpaired) electrons. The monoisotopic (exact) mass is 235 g/mol. The standard InChI is InChI=1S/C12H14FN3O/c1-3-15-12(17)8(2)16-11-5-4-10(13)6-9(11)7-14/h4-6,8,16H,3H2,1-2H3,(H,15,17). The summed E-state index contributed by atoms with van der Waals surface area (Å²) in [7, 11) is 0. The maximum atomic E-state index is 12.9. The molecule has 1 amide bonds. The summed E-state index contributed by atoms with van der Waals surface area (Å²) in [6.45, 7) is 4.04. The van der Waals surface area contributed by atoms with Crippen molar-refractivity contribution < 1.29 is 9.18 Å². The van der Waals surface area contributed by atoms with Crippen LogP contribution in [0.2, 0.25) is 0 Å². The molecule has 0 saturated carbocycles. The molecule has 0 aromatic heterocycles. The van der Waals surface area contributed by atoms with Crippen LogP contribution >= 0.6 is 0 Å². The number of likely N-dealkylation sites (N-methyl/N-ethyl adjacent to an activating group) is 1. The number of carbonyl (C=O) groups excluding carboxylic acids is 1. The normalized spacial score (nSPS) is 11.4. The summed E-state index contributed by atoms with van der Waals surface area (Å²) in [5, 5.41) is 14.4. The van der Waals surface area contributed by atoms with Crippen LogP contribution in [-0.4, -0.2) is 18.5 Å². The summed E-state index contributed by atoms with van der Waals surface area (Å²) in [5.41, 5.74) is 0.633. The van der Waals surface area contributed by atoms with Gasteiger partial charge in [0.05, 0.1) is 11.3 Å². The van der Waals surface area contributed by atoms with E-state index in [2.05, 4.69) is 10.6 Å². The van der Waals surface area contributed by atoms with Crippen LogP contribution in [0.25, 0.3) is 0 Å². The van der Waals surface area contributed by atoms with Gasteiger partial charge in [-0.2, -0.15) is 5.26 Å². The highest BCUT2D eigenvalue weighted by Crippen LogP contribution is 2.16. The lowest BCUT2D eigenvalue weighted by Crippen LogP contribution is -2.37. The van der Waals surface area contributed by atoms with Gasteiger partial charge in [0.1, 0.15) is 17.9 Å². The van der Waals surface area contributed by atoms with Crippen molar-refractivity contribution in [1.82, 2.24) is 5.32 Å². The van der Waals surface area contributed by atoms with E-state index < -0.39 is 11.9 Å². The first-order chi connectivity index (χ1) is 8.08. The minimum absolute atomic E-state index is 0.166. The van der Waals surface area contributed by atoms with Gasteiger partial charge < -0.3 is 10.6 Å². The Morgan fingerprint density at radius 3 is 2.88 bits per heavy atom. The van der Waals surface area contributed by atoms with Gasteiger partial charge in [-0.05, 0) is 32.0 Å². The molecule has 0 heterocycles. The fourth-order valence-electron chi connectivity index (χ4n) is 1.36. The summed E-state index contributed by atoms with van der Waals surface area (Å²) >= 11 is 0. The number of rotatable bonds is 4. The lowest BCUT2D eigenvalue weighted by molar-refractivity contribution is -0.121. The average molecular weight is 235 g/mol. The van der Waals surface area contributed by atoms with Gasteiger partial charge in [-0.1, -0.05) is 0 Å². The van der Waals surface area contributed by atoms with Crippen molar-refractivity contribution in [2.24, 2.45) is 0 Å². The molecule has 2 N–H and O–H groups in total. The molecule has 0 fully saturated rings. The Balaban J connectivity index is 2.82. The van der Waals surface area contributed by atoms with Crippen molar-refractivity contribution in [3.8, 4) is 6.07 Å². The van der Waals surface area contributed by atoms with E-state index in [4.69, 9.17) is 5.26 Å². The van der Waals surface area contributed by atoms with Crippen LogP contribution in [0, 0.1) is 17.1 Å². The second-order valence-electron chi connectivity index (χ2n) is 3.56. The Morgan fingerprint density at radius 2 is 2.29 bits per heavy atom. The topological polar surface area (TPSA) is 64.9 Å². The zero-order valence-corrected chi connectivity index (χ0v) is 9.75. The smallest absolute Gasteiger partial charge is 0.242 e. The Kier molecular flexibility index (Phi) is 4.46. The minimum atomic E-state index is -0.479. The van der Waals surface area contributed by atoms with Gasteiger partial charge in [0.15, 0.2) is 0 Å². The van der Waals surface area contributed by atoms with Crippen LogP contribution < -0.4 is 10.6 Å². The lowest BCUT2D eigenvalue weighted by Gasteiger charge is -2.15. The quantitative estimate of drug-likeness (QED) is 0.833. The number of nitrogens with one attached hydrogen (secondary N) is 2. The van der Waals surface area contributed by atoms with E-state index in [0.717, 1.165) is 6.07 Å². The summed E-state index contributed by atoms with van der Waals surface area (Å²) in [5.74, 6) is -0.640. The van der Waals surface area contributed by atoms with Crippen molar-refractivity contribution in [2.45, 2.75) is 19.9 Å². The van der Waals surface area contributed by atoms with Crippen molar-refractivity contribution in [1.29, 1.82) is 5.26 Å². The number of carbonyl (C=O) groups is 1. The predicted octanol–water partition coefficient (Wildman–Crippen LogP) is 1.63. The molecular weight excluding hydrogens is 221 g/mol. The summed E-state index contributed by atoms with van der Waals surface area (Å²) in [6.07, 6.45) is 0. The fourth-order valence-corrected chi connectivity index (χ4v) is 1.36. The molecule has 0 aliphatic carbocycles. The maximum absolute atomic E-state index is 12.9. The molecule has 0 bridgehead atoms. The number of benzene rings is 1. The molecule has 0 aliphatic heterocycles. The highest BCUT2D eigenvalue weighted by atomic mass is 19.1. The van der Waals surface area contributed by atoms with E-state index in [9.17, 15) is 9.18 Å².